The third-order valence-corrected chi connectivity index (χ3v) is 4.12. The number of H-pyrrole nitrogens is 1. The monoisotopic (exact) mass is 279 g/mol. The Labute approximate surface area is 107 Å². The lowest BCUT2D eigenvalue weighted by Crippen LogP contribution is -2.44. The molecule has 7 heteroatoms. The maximum atomic E-state index is 12.0. The highest BCUT2D eigenvalue weighted by molar-refractivity contribution is 7.89. The third-order valence-electron chi connectivity index (χ3n) is 2.50. The fourth-order valence-electron chi connectivity index (χ4n) is 1.42. The van der Waals surface area contributed by atoms with E-state index in [1.165, 1.54) is 12.5 Å². The van der Waals surface area contributed by atoms with Gasteiger partial charge in [-0.05, 0) is 11.8 Å². The molecule has 0 aliphatic heterocycles. The Balaban J connectivity index is 2.88. The highest BCUT2D eigenvalue weighted by Gasteiger charge is 2.29. The van der Waals surface area contributed by atoms with Crippen molar-refractivity contribution in [2.75, 3.05) is 5.88 Å². The van der Waals surface area contributed by atoms with Crippen LogP contribution in [0.5, 0.6) is 0 Å². The average molecular weight is 280 g/mol. The first-order valence-corrected chi connectivity index (χ1v) is 7.36. The number of aromatic amines is 1. The number of aromatic nitrogens is 2. The zero-order valence-corrected chi connectivity index (χ0v) is 11.8. The van der Waals surface area contributed by atoms with Crippen molar-refractivity contribution in [3.63, 3.8) is 0 Å². The van der Waals surface area contributed by atoms with E-state index in [1.807, 2.05) is 20.8 Å². The average Bonchev–Trinajstić information content (AvgIpc) is 2.68. The summed E-state index contributed by atoms with van der Waals surface area (Å²) in [4.78, 5) is 6.28. The summed E-state index contributed by atoms with van der Waals surface area (Å²) >= 11 is 5.70. The lowest BCUT2D eigenvalue weighted by Gasteiger charge is -2.30. The van der Waals surface area contributed by atoms with E-state index in [1.54, 1.807) is 0 Å². The maximum Gasteiger partial charge on any atom is 0.257 e. The van der Waals surface area contributed by atoms with Gasteiger partial charge in [0.05, 0.1) is 12.5 Å². The largest absolute Gasteiger partial charge is 0.335 e. The van der Waals surface area contributed by atoms with Gasteiger partial charge in [-0.25, -0.2) is 18.1 Å². The molecule has 0 saturated heterocycles. The zero-order valence-electron chi connectivity index (χ0n) is 10.2. The molecule has 1 rings (SSSR count). The van der Waals surface area contributed by atoms with E-state index >= 15 is 0 Å². The molecule has 5 nitrogen and oxygen atoms in total. The van der Waals surface area contributed by atoms with Crippen molar-refractivity contribution in [2.24, 2.45) is 5.41 Å². The molecule has 0 fully saturated rings. The Morgan fingerprint density at radius 1 is 1.53 bits per heavy atom. The molecule has 0 saturated carbocycles. The minimum Gasteiger partial charge on any atom is -0.335 e. The Morgan fingerprint density at radius 3 is 2.59 bits per heavy atom. The lowest BCUT2D eigenvalue weighted by molar-refractivity contribution is 0.292. The molecule has 0 amide bonds. The standard InChI is InChI=1S/C10H18ClN3O2S/c1-10(2,3)8(4-5-11)14-17(15,16)9-6-12-7-13-9/h6-8,14H,4-5H2,1-3H3,(H,12,13). The van der Waals surface area contributed by atoms with Crippen LogP contribution in [0.3, 0.4) is 0 Å². The zero-order chi connectivity index (χ0) is 13.1. The van der Waals surface area contributed by atoms with Crippen LogP contribution in [0.1, 0.15) is 27.2 Å². The minimum atomic E-state index is -3.55. The molecule has 0 radical (unpaired) electrons. The molecule has 0 aromatic carbocycles. The van der Waals surface area contributed by atoms with Gasteiger partial charge in [0.1, 0.15) is 0 Å². The van der Waals surface area contributed by atoms with Gasteiger partial charge >= 0.3 is 0 Å². The molecule has 1 unspecified atom stereocenters. The van der Waals surface area contributed by atoms with Gasteiger partial charge in [0.2, 0.25) is 0 Å². The predicted molar refractivity (Wildman–Crippen MR) is 67.5 cm³/mol. The molecular weight excluding hydrogens is 262 g/mol. The van der Waals surface area contributed by atoms with Crippen molar-refractivity contribution in [1.29, 1.82) is 0 Å². The number of hydrogen-bond acceptors (Lipinski definition) is 3. The number of hydrogen-bond donors (Lipinski definition) is 2. The number of nitrogens with zero attached hydrogens (tertiary/aromatic N) is 1. The van der Waals surface area contributed by atoms with Crippen molar-refractivity contribution >= 4 is 21.6 Å². The van der Waals surface area contributed by atoms with Gasteiger partial charge in [0, 0.05) is 11.9 Å². The summed E-state index contributed by atoms with van der Waals surface area (Å²) in [6.07, 6.45) is 3.20. The van der Waals surface area contributed by atoms with Gasteiger partial charge in [0.15, 0.2) is 5.03 Å². The summed E-state index contributed by atoms with van der Waals surface area (Å²) in [6, 6.07) is -0.215. The summed E-state index contributed by atoms with van der Waals surface area (Å²) in [7, 11) is -3.55. The van der Waals surface area contributed by atoms with E-state index < -0.39 is 10.0 Å². The molecular formula is C10H18ClN3O2S. The molecule has 1 aromatic heterocycles. The lowest BCUT2D eigenvalue weighted by atomic mass is 9.86. The number of nitrogens with one attached hydrogen (secondary N) is 2. The summed E-state index contributed by atoms with van der Waals surface area (Å²) in [5.41, 5.74) is -0.192. The molecule has 98 valence electrons. The minimum absolute atomic E-state index is 0.0707. The molecule has 1 atom stereocenters. The Morgan fingerprint density at radius 2 is 2.18 bits per heavy atom. The van der Waals surface area contributed by atoms with E-state index in [-0.39, 0.29) is 16.5 Å². The second kappa shape index (κ2) is 5.37. The van der Waals surface area contributed by atoms with Crippen molar-refractivity contribution in [2.45, 2.75) is 38.3 Å². The van der Waals surface area contributed by atoms with Gasteiger partial charge in [-0.2, -0.15) is 0 Å². The first-order valence-electron chi connectivity index (χ1n) is 5.34. The van der Waals surface area contributed by atoms with E-state index in [9.17, 15) is 8.42 Å². The summed E-state index contributed by atoms with van der Waals surface area (Å²) in [5.74, 6) is 0.410. The van der Waals surface area contributed by atoms with Gasteiger partial charge in [-0.1, -0.05) is 20.8 Å². The van der Waals surface area contributed by atoms with Crippen LogP contribution < -0.4 is 4.72 Å². The fourth-order valence-corrected chi connectivity index (χ4v) is 3.02. The SMILES string of the molecule is CC(C)(C)C(CCCl)NS(=O)(=O)c1cnc[nH]1. The van der Waals surface area contributed by atoms with Crippen molar-refractivity contribution in [1.82, 2.24) is 14.7 Å². The molecule has 2 N–H and O–H groups in total. The van der Waals surface area contributed by atoms with Gasteiger partial charge in [-0.3, -0.25) is 0 Å². The van der Waals surface area contributed by atoms with E-state index in [0.29, 0.717) is 12.3 Å². The Kier molecular flexibility index (Phi) is 4.57. The van der Waals surface area contributed by atoms with Crippen LogP contribution in [0.15, 0.2) is 17.6 Å². The van der Waals surface area contributed by atoms with Crippen LogP contribution in [-0.2, 0) is 10.0 Å². The Hall–Kier alpha value is -0.590. The van der Waals surface area contributed by atoms with Crippen molar-refractivity contribution in [3.8, 4) is 0 Å². The van der Waals surface area contributed by atoms with Crippen LogP contribution >= 0.6 is 11.6 Å². The molecule has 17 heavy (non-hydrogen) atoms. The van der Waals surface area contributed by atoms with Gasteiger partial charge in [-0.15, -0.1) is 11.6 Å². The highest BCUT2D eigenvalue weighted by Crippen LogP contribution is 2.23. The summed E-state index contributed by atoms with van der Waals surface area (Å²) in [6.45, 7) is 5.92. The number of sulfonamides is 1. The first kappa shape index (κ1) is 14.5. The maximum absolute atomic E-state index is 12.0. The van der Waals surface area contributed by atoms with Gasteiger partial charge in [0.25, 0.3) is 10.0 Å². The van der Waals surface area contributed by atoms with E-state index in [4.69, 9.17) is 11.6 Å². The number of halogens is 1. The first-order chi connectivity index (χ1) is 7.77. The molecule has 0 bridgehead atoms. The van der Waals surface area contributed by atoms with Crippen molar-refractivity contribution in [3.05, 3.63) is 12.5 Å². The molecule has 0 aliphatic rings. The third kappa shape index (κ3) is 3.97. The van der Waals surface area contributed by atoms with Crippen molar-refractivity contribution < 1.29 is 8.42 Å². The highest BCUT2D eigenvalue weighted by atomic mass is 35.5. The molecule has 0 aliphatic carbocycles. The van der Waals surface area contributed by atoms with Crippen LogP contribution in [0.2, 0.25) is 0 Å². The second-order valence-corrected chi connectivity index (χ2v) is 6.99. The van der Waals surface area contributed by atoms with Gasteiger partial charge < -0.3 is 4.98 Å². The molecule has 1 heterocycles. The normalized spacial score (nSPS) is 14.8. The summed E-state index contributed by atoms with van der Waals surface area (Å²) in [5, 5.41) is 0.0707. The van der Waals surface area contributed by atoms with E-state index in [2.05, 4.69) is 14.7 Å². The number of imidazole rings is 1. The quantitative estimate of drug-likeness (QED) is 0.806. The topological polar surface area (TPSA) is 74.8 Å². The van der Waals surface area contributed by atoms with E-state index in [0.717, 1.165) is 0 Å². The second-order valence-electron chi connectivity index (χ2n) is 4.93. The smallest absolute Gasteiger partial charge is 0.257 e. The van der Waals surface area contributed by atoms with Crippen LogP contribution in [0.4, 0.5) is 0 Å². The van der Waals surface area contributed by atoms with Crippen LogP contribution in [-0.4, -0.2) is 30.3 Å². The molecule has 1 aromatic rings. The number of alkyl halides is 1. The summed E-state index contributed by atoms with van der Waals surface area (Å²) < 4.78 is 26.7. The van der Waals surface area contributed by atoms with Crippen LogP contribution in [0, 0.1) is 5.41 Å². The molecule has 0 spiro atoms. The Bertz CT molecular complexity index is 437. The van der Waals surface area contributed by atoms with Crippen LogP contribution in [0.25, 0.3) is 0 Å². The fraction of sp³-hybridized carbons (Fsp3) is 0.700. The predicted octanol–water partition coefficient (Wildman–Crippen LogP) is 1.73. The number of rotatable bonds is 5.